The van der Waals surface area contributed by atoms with Crippen molar-refractivity contribution in [3.8, 4) is 0 Å². The van der Waals surface area contributed by atoms with Gasteiger partial charge in [-0.05, 0) is 12.8 Å². The van der Waals surface area contributed by atoms with Crippen LogP contribution in [0.1, 0.15) is 341 Å². The molecule has 1 heterocycles. The zero-order valence-corrected chi connectivity index (χ0v) is 49.0. The first-order chi connectivity index (χ1) is 36.3. The second kappa shape index (κ2) is 54.1. The molecule has 0 radical (unpaired) electrons. The van der Waals surface area contributed by atoms with E-state index in [9.17, 15) is 35.4 Å². The highest BCUT2D eigenvalue weighted by molar-refractivity contribution is 5.76. The lowest BCUT2D eigenvalue weighted by molar-refractivity contribution is -0.303. The van der Waals surface area contributed by atoms with Gasteiger partial charge in [0.1, 0.15) is 30.5 Å². The van der Waals surface area contributed by atoms with E-state index in [1.165, 1.54) is 276 Å². The Morgan fingerprint density at radius 3 is 1.00 bits per heavy atom. The molecule has 8 atom stereocenters. The van der Waals surface area contributed by atoms with Crippen LogP contribution < -0.4 is 5.32 Å². The van der Waals surface area contributed by atoms with Gasteiger partial charge in [-0.2, -0.15) is 0 Å². The van der Waals surface area contributed by atoms with Crippen molar-refractivity contribution in [2.45, 2.75) is 390 Å². The van der Waals surface area contributed by atoms with Gasteiger partial charge in [0.05, 0.1) is 25.4 Å². The molecule has 1 saturated heterocycles. The molecule has 0 aromatic heterocycles. The molecule has 0 aliphatic carbocycles. The molecule has 74 heavy (non-hydrogen) atoms. The third kappa shape index (κ3) is 42.1. The van der Waals surface area contributed by atoms with Crippen molar-refractivity contribution >= 4 is 5.91 Å². The van der Waals surface area contributed by atoms with Crippen LogP contribution in [0.5, 0.6) is 0 Å². The van der Waals surface area contributed by atoms with Gasteiger partial charge in [0.2, 0.25) is 5.91 Å². The van der Waals surface area contributed by atoms with Crippen molar-refractivity contribution in [3.05, 3.63) is 0 Å². The molecule has 1 rings (SSSR count). The number of nitrogens with one attached hydrogen (secondary N) is 1. The van der Waals surface area contributed by atoms with E-state index in [0.29, 0.717) is 6.42 Å². The lowest BCUT2D eigenvalue weighted by Crippen LogP contribution is -2.60. The van der Waals surface area contributed by atoms with E-state index in [1.807, 2.05) is 0 Å². The molecule has 1 aliphatic rings. The van der Waals surface area contributed by atoms with E-state index in [-0.39, 0.29) is 18.9 Å². The Kier molecular flexibility index (Phi) is 52.0. The van der Waals surface area contributed by atoms with Crippen molar-refractivity contribution in [1.82, 2.24) is 5.32 Å². The van der Waals surface area contributed by atoms with Crippen LogP contribution >= 0.6 is 0 Å². The van der Waals surface area contributed by atoms with Gasteiger partial charge in [-0.3, -0.25) is 4.79 Å². The van der Waals surface area contributed by atoms with E-state index in [2.05, 4.69) is 19.2 Å². The maximum absolute atomic E-state index is 13.1. The van der Waals surface area contributed by atoms with Crippen LogP contribution in [0.3, 0.4) is 0 Å². The highest BCUT2D eigenvalue weighted by Crippen LogP contribution is 2.24. The number of carbonyl (C=O) groups is 1. The zero-order chi connectivity index (χ0) is 53.8. The van der Waals surface area contributed by atoms with Crippen LogP contribution in [-0.4, -0.2) is 98.7 Å². The molecular weight excluding hydrogens is 927 g/mol. The van der Waals surface area contributed by atoms with Gasteiger partial charge in [0.25, 0.3) is 0 Å². The first-order valence-electron chi connectivity index (χ1n) is 32.8. The minimum atomic E-state index is -1.60. The van der Waals surface area contributed by atoms with Crippen molar-refractivity contribution in [1.29, 1.82) is 0 Å². The summed E-state index contributed by atoms with van der Waals surface area (Å²) >= 11 is 0. The predicted molar refractivity (Wildman–Crippen MR) is 310 cm³/mol. The largest absolute Gasteiger partial charge is 0.394 e. The fourth-order valence-electron chi connectivity index (χ4n) is 11.1. The Balaban J connectivity index is 2.10. The van der Waals surface area contributed by atoms with Crippen molar-refractivity contribution in [3.63, 3.8) is 0 Å². The maximum Gasteiger partial charge on any atom is 0.220 e. The standard InChI is InChI=1S/C64H127NO9/c1-3-5-7-9-11-13-15-17-19-20-21-22-23-24-25-26-27-28-29-30-31-32-33-34-35-36-37-39-41-43-45-47-49-51-53-59(68)65-56(55-73-64-63(72)62(71)61(70)58(54-66)74-64)60(69)57(67)52-50-48-46-44-42-40-38-18-16-14-12-10-8-6-4-2/h56-58,60-64,66-67,69-72H,3-55H2,1-2H3,(H,65,68)/t56-,57+,58+,60-,61-,62?,63?,64+/m0/s1. The molecule has 1 fully saturated rings. The van der Waals surface area contributed by atoms with E-state index >= 15 is 0 Å². The summed E-state index contributed by atoms with van der Waals surface area (Å²) in [6, 6.07) is -0.987. The normalized spacial score (nSPS) is 19.3. The summed E-state index contributed by atoms with van der Waals surface area (Å²) in [4.78, 5) is 13.1. The number of unbranched alkanes of at least 4 members (excludes halogenated alkanes) is 47. The quantitative estimate of drug-likeness (QED) is 0.0293. The number of ether oxygens (including phenoxy) is 2. The highest BCUT2D eigenvalue weighted by atomic mass is 16.7. The molecule has 1 aliphatic heterocycles. The van der Waals surface area contributed by atoms with Crippen molar-refractivity contribution in [2.75, 3.05) is 13.2 Å². The Bertz CT molecular complexity index is 1150. The van der Waals surface area contributed by atoms with Gasteiger partial charge in [-0.25, -0.2) is 0 Å². The van der Waals surface area contributed by atoms with Crippen molar-refractivity contribution < 1.29 is 44.9 Å². The molecule has 0 aromatic carbocycles. The van der Waals surface area contributed by atoms with Gasteiger partial charge in [-0.15, -0.1) is 0 Å². The topological polar surface area (TPSA) is 169 Å². The van der Waals surface area contributed by atoms with E-state index in [0.717, 1.165) is 38.5 Å². The summed E-state index contributed by atoms with van der Waals surface area (Å²) in [6.07, 6.45) is 55.9. The first kappa shape index (κ1) is 71.2. The monoisotopic (exact) mass is 1050 g/mol. The average Bonchev–Trinajstić information content (AvgIpc) is 3.40. The fourth-order valence-corrected chi connectivity index (χ4v) is 11.1. The third-order valence-corrected chi connectivity index (χ3v) is 16.3. The third-order valence-electron chi connectivity index (χ3n) is 16.3. The summed E-state index contributed by atoms with van der Waals surface area (Å²) in [7, 11) is 0. The van der Waals surface area contributed by atoms with Crippen LogP contribution in [0, 0.1) is 0 Å². The number of hydrogen-bond donors (Lipinski definition) is 7. The Morgan fingerprint density at radius 2 is 0.703 bits per heavy atom. The highest BCUT2D eigenvalue weighted by Gasteiger charge is 2.44. The number of hydrogen-bond acceptors (Lipinski definition) is 9. The van der Waals surface area contributed by atoms with Gasteiger partial charge in [-0.1, -0.05) is 322 Å². The number of aliphatic hydroxyl groups excluding tert-OH is 6. The van der Waals surface area contributed by atoms with E-state index < -0.39 is 55.6 Å². The van der Waals surface area contributed by atoms with Gasteiger partial charge in [0, 0.05) is 6.42 Å². The Labute approximate surface area is 457 Å². The molecule has 2 unspecified atom stereocenters. The minimum Gasteiger partial charge on any atom is -0.394 e. The van der Waals surface area contributed by atoms with Gasteiger partial charge >= 0.3 is 0 Å². The predicted octanol–water partition coefficient (Wildman–Crippen LogP) is 15.9. The summed E-state index contributed by atoms with van der Waals surface area (Å²) in [5, 5.41) is 65.6. The molecule has 7 N–H and O–H groups in total. The first-order valence-corrected chi connectivity index (χ1v) is 32.8. The van der Waals surface area contributed by atoms with Crippen LogP contribution in [0.25, 0.3) is 0 Å². The van der Waals surface area contributed by atoms with Crippen LogP contribution in [0.2, 0.25) is 0 Å². The van der Waals surface area contributed by atoms with Crippen LogP contribution in [0.15, 0.2) is 0 Å². The SMILES string of the molecule is CCCCCCCCCCCCCCCCCCCCCCCCCCCCCCCCCCCCC(=O)N[C@@H](CO[C@@H]1O[C@H](CO)[C@H](O)C(O)C1O)[C@H](O)[C@H](O)CCCCCCCCCCCCCCCCC. The van der Waals surface area contributed by atoms with Crippen LogP contribution in [0.4, 0.5) is 0 Å². The second-order valence-electron chi connectivity index (χ2n) is 23.4. The molecule has 0 bridgehead atoms. The van der Waals surface area contributed by atoms with Gasteiger partial charge in [0.15, 0.2) is 6.29 Å². The number of rotatable bonds is 58. The molecule has 0 spiro atoms. The van der Waals surface area contributed by atoms with Crippen molar-refractivity contribution in [2.24, 2.45) is 0 Å². The summed E-state index contributed by atoms with van der Waals surface area (Å²) in [6.45, 7) is 3.67. The van der Waals surface area contributed by atoms with E-state index in [4.69, 9.17) is 9.47 Å². The average molecular weight is 1050 g/mol. The number of aliphatic hydroxyl groups is 6. The fraction of sp³-hybridized carbons (Fsp3) is 0.984. The lowest BCUT2D eigenvalue weighted by atomic mass is 9.98. The Hall–Kier alpha value is -0.850. The Morgan fingerprint density at radius 1 is 0.419 bits per heavy atom. The molecule has 10 nitrogen and oxygen atoms in total. The zero-order valence-electron chi connectivity index (χ0n) is 49.0. The van der Waals surface area contributed by atoms with Crippen LogP contribution in [-0.2, 0) is 14.3 Å². The molecule has 0 aromatic rings. The van der Waals surface area contributed by atoms with E-state index in [1.54, 1.807) is 0 Å². The second-order valence-corrected chi connectivity index (χ2v) is 23.4. The molecular formula is C64H127NO9. The smallest absolute Gasteiger partial charge is 0.220 e. The number of carbonyl (C=O) groups excluding carboxylic acids is 1. The minimum absolute atomic E-state index is 0.249. The molecule has 0 saturated carbocycles. The molecule has 1 amide bonds. The molecule has 10 heteroatoms. The summed E-state index contributed by atoms with van der Waals surface area (Å²) in [5.74, 6) is -0.249. The molecule has 442 valence electrons. The summed E-state index contributed by atoms with van der Waals surface area (Å²) < 4.78 is 11.2. The van der Waals surface area contributed by atoms with Gasteiger partial charge < -0.3 is 45.4 Å². The summed E-state index contributed by atoms with van der Waals surface area (Å²) in [5.41, 5.74) is 0. The maximum atomic E-state index is 13.1. The lowest BCUT2D eigenvalue weighted by Gasteiger charge is -2.40. The number of amides is 1.